The van der Waals surface area contributed by atoms with Crippen molar-refractivity contribution in [1.82, 2.24) is 4.98 Å². The Labute approximate surface area is 110 Å². The van der Waals surface area contributed by atoms with Gasteiger partial charge in [-0.2, -0.15) is 0 Å². The first-order valence-electron chi connectivity index (χ1n) is 5.81. The molecule has 1 aromatic heterocycles. The van der Waals surface area contributed by atoms with Crippen LogP contribution in [0.2, 0.25) is 0 Å². The topological polar surface area (TPSA) is 57.4 Å². The summed E-state index contributed by atoms with van der Waals surface area (Å²) in [6, 6.07) is 7.57. The lowest BCUT2D eigenvalue weighted by Gasteiger charge is -2.06. The van der Waals surface area contributed by atoms with Crippen molar-refractivity contribution in [3.8, 4) is 11.5 Å². The molecule has 0 saturated heterocycles. The molecule has 18 heavy (non-hydrogen) atoms. The lowest BCUT2D eigenvalue weighted by atomic mass is 10.3. The zero-order valence-electron chi connectivity index (χ0n) is 10.3. The van der Waals surface area contributed by atoms with Gasteiger partial charge in [0.05, 0.1) is 6.61 Å². The SMILES string of the molecule is CCOc1ccc(OCc2ncc(CN)s2)cc1. The van der Waals surface area contributed by atoms with Gasteiger partial charge in [-0.3, -0.25) is 0 Å². The van der Waals surface area contributed by atoms with Crippen LogP contribution in [0.3, 0.4) is 0 Å². The van der Waals surface area contributed by atoms with Crippen molar-refractivity contribution < 1.29 is 9.47 Å². The highest BCUT2D eigenvalue weighted by molar-refractivity contribution is 7.11. The predicted molar refractivity (Wildman–Crippen MR) is 71.9 cm³/mol. The van der Waals surface area contributed by atoms with Gasteiger partial charge in [-0.05, 0) is 31.2 Å². The molecule has 0 radical (unpaired) electrons. The molecule has 4 nitrogen and oxygen atoms in total. The second-order valence-electron chi connectivity index (χ2n) is 3.62. The van der Waals surface area contributed by atoms with Crippen LogP contribution in [0.25, 0.3) is 0 Å². The van der Waals surface area contributed by atoms with E-state index in [0.29, 0.717) is 19.8 Å². The van der Waals surface area contributed by atoms with Gasteiger partial charge in [0.2, 0.25) is 0 Å². The Balaban J connectivity index is 1.89. The van der Waals surface area contributed by atoms with Crippen LogP contribution >= 0.6 is 11.3 Å². The number of hydrogen-bond donors (Lipinski definition) is 1. The van der Waals surface area contributed by atoms with E-state index in [9.17, 15) is 0 Å². The summed E-state index contributed by atoms with van der Waals surface area (Å²) < 4.78 is 11.0. The zero-order chi connectivity index (χ0) is 12.8. The standard InChI is InChI=1S/C13H16N2O2S/c1-2-16-10-3-5-11(6-4-10)17-9-13-15-8-12(7-14)18-13/h3-6,8H,2,7,9,14H2,1H3. The minimum absolute atomic E-state index is 0.471. The first-order chi connectivity index (χ1) is 8.81. The lowest BCUT2D eigenvalue weighted by molar-refractivity contribution is 0.303. The number of nitrogens with two attached hydrogens (primary N) is 1. The van der Waals surface area contributed by atoms with Gasteiger partial charge >= 0.3 is 0 Å². The molecule has 0 amide bonds. The van der Waals surface area contributed by atoms with Crippen LogP contribution < -0.4 is 15.2 Å². The van der Waals surface area contributed by atoms with Crippen molar-refractivity contribution in [1.29, 1.82) is 0 Å². The summed E-state index contributed by atoms with van der Waals surface area (Å²) in [6.45, 7) is 3.63. The van der Waals surface area contributed by atoms with E-state index in [-0.39, 0.29) is 0 Å². The van der Waals surface area contributed by atoms with E-state index in [2.05, 4.69) is 4.98 Å². The first-order valence-corrected chi connectivity index (χ1v) is 6.62. The van der Waals surface area contributed by atoms with E-state index in [0.717, 1.165) is 21.4 Å². The van der Waals surface area contributed by atoms with Crippen LogP contribution in [0.1, 0.15) is 16.8 Å². The molecule has 2 N–H and O–H groups in total. The number of nitrogens with zero attached hydrogens (tertiary/aromatic N) is 1. The third-order valence-corrected chi connectivity index (χ3v) is 3.29. The van der Waals surface area contributed by atoms with Gasteiger partial charge in [0, 0.05) is 17.6 Å². The van der Waals surface area contributed by atoms with Gasteiger partial charge in [0.15, 0.2) is 0 Å². The quantitative estimate of drug-likeness (QED) is 0.871. The minimum Gasteiger partial charge on any atom is -0.494 e. The van der Waals surface area contributed by atoms with E-state index in [1.165, 1.54) is 0 Å². The third-order valence-electron chi connectivity index (χ3n) is 2.30. The molecule has 0 spiro atoms. The van der Waals surface area contributed by atoms with E-state index in [1.807, 2.05) is 31.2 Å². The molecule has 0 aliphatic heterocycles. The molecule has 0 atom stereocenters. The van der Waals surface area contributed by atoms with E-state index >= 15 is 0 Å². The molecule has 2 aromatic rings. The third kappa shape index (κ3) is 3.45. The lowest BCUT2D eigenvalue weighted by Crippen LogP contribution is -1.95. The zero-order valence-corrected chi connectivity index (χ0v) is 11.1. The Morgan fingerprint density at radius 1 is 1.17 bits per heavy atom. The number of rotatable bonds is 6. The Morgan fingerprint density at radius 3 is 2.39 bits per heavy atom. The van der Waals surface area contributed by atoms with Crippen LogP contribution in [-0.4, -0.2) is 11.6 Å². The summed E-state index contributed by atoms with van der Waals surface area (Å²) in [5, 5.41) is 0.935. The molecule has 0 fully saturated rings. The highest BCUT2D eigenvalue weighted by Crippen LogP contribution is 2.20. The average molecular weight is 264 g/mol. The molecule has 2 rings (SSSR count). The summed E-state index contributed by atoms with van der Waals surface area (Å²) in [5.74, 6) is 1.66. The molecule has 0 saturated carbocycles. The maximum absolute atomic E-state index is 5.63. The number of benzene rings is 1. The maximum atomic E-state index is 5.63. The Bertz CT molecular complexity index is 482. The van der Waals surface area contributed by atoms with Crippen molar-refractivity contribution in [2.75, 3.05) is 6.61 Å². The molecule has 5 heteroatoms. The summed E-state index contributed by atoms with van der Waals surface area (Å²) in [6.07, 6.45) is 1.79. The predicted octanol–water partition coefficient (Wildman–Crippen LogP) is 2.58. The van der Waals surface area contributed by atoms with E-state index in [4.69, 9.17) is 15.2 Å². The second-order valence-corrected chi connectivity index (χ2v) is 4.82. The van der Waals surface area contributed by atoms with Crippen LogP contribution in [0.4, 0.5) is 0 Å². The number of aromatic nitrogens is 1. The molecule has 96 valence electrons. The number of thiazole rings is 1. The van der Waals surface area contributed by atoms with Crippen molar-refractivity contribution >= 4 is 11.3 Å². The van der Waals surface area contributed by atoms with Gasteiger partial charge in [-0.15, -0.1) is 11.3 Å². The first kappa shape index (κ1) is 12.9. The Hall–Kier alpha value is -1.59. The monoisotopic (exact) mass is 264 g/mol. The van der Waals surface area contributed by atoms with Crippen LogP contribution in [0.5, 0.6) is 11.5 Å². The van der Waals surface area contributed by atoms with Crippen molar-refractivity contribution in [3.63, 3.8) is 0 Å². The smallest absolute Gasteiger partial charge is 0.140 e. The number of ether oxygens (including phenoxy) is 2. The fourth-order valence-corrected chi connectivity index (χ4v) is 2.17. The number of hydrogen-bond acceptors (Lipinski definition) is 5. The van der Waals surface area contributed by atoms with Gasteiger partial charge in [-0.25, -0.2) is 4.98 Å². The fraction of sp³-hybridized carbons (Fsp3) is 0.308. The van der Waals surface area contributed by atoms with Gasteiger partial charge in [0.1, 0.15) is 23.1 Å². The fourth-order valence-electron chi connectivity index (χ4n) is 1.45. The van der Waals surface area contributed by atoms with Crippen molar-refractivity contribution in [2.24, 2.45) is 5.73 Å². The molecule has 0 unspecified atom stereocenters. The Morgan fingerprint density at radius 2 is 1.83 bits per heavy atom. The molecule has 1 aromatic carbocycles. The molecular weight excluding hydrogens is 248 g/mol. The van der Waals surface area contributed by atoms with Gasteiger partial charge in [-0.1, -0.05) is 0 Å². The molecule has 0 aliphatic carbocycles. The van der Waals surface area contributed by atoms with Gasteiger partial charge in [0.25, 0.3) is 0 Å². The minimum atomic E-state index is 0.471. The highest BCUT2D eigenvalue weighted by Gasteiger charge is 2.02. The molecule has 1 heterocycles. The molecule has 0 bridgehead atoms. The summed E-state index contributed by atoms with van der Waals surface area (Å²) >= 11 is 1.58. The van der Waals surface area contributed by atoms with Gasteiger partial charge < -0.3 is 15.2 Å². The van der Waals surface area contributed by atoms with Crippen LogP contribution in [0.15, 0.2) is 30.5 Å². The average Bonchev–Trinajstić information content (AvgIpc) is 2.86. The van der Waals surface area contributed by atoms with E-state index in [1.54, 1.807) is 17.5 Å². The highest BCUT2D eigenvalue weighted by atomic mass is 32.1. The van der Waals surface area contributed by atoms with Crippen LogP contribution in [0, 0.1) is 0 Å². The molecular formula is C13H16N2O2S. The van der Waals surface area contributed by atoms with Crippen LogP contribution in [-0.2, 0) is 13.2 Å². The molecule has 0 aliphatic rings. The van der Waals surface area contributed by atoms with E-state index < -0.39 is 0 Å². The van der Waals surface area contributed by atoms with Crippen molar-refractivity contribution in [2.45, 2.75) is 20.1 Å². The maximum Gasteiger partial charge on any atom is 0.140 e. The second kappa shape index (κ2) is 6.37. The summed E-state index contributed by atoms with van der Waals surface area (Å²) in [4.78, 5) is 5.31. The summed E-state index contributed by atoms with van der Waals surface area (Å²) in [7, 11) is 0. The largest absolute Gasteiger partial charge is 0.494 e. The Kier molecular flexibility index (Phi) is 4.55. The summed E-state index contributed by atoms with van der Waals surface area (Å²) in [5.41, 5.74) is 5.53. The van der Waals surface area contributed by atoms with Crippen molar-refractivity contribution in [3.05, 3.63) is 40.3 Å². The normalized spacial score (nSPS) is 10.3.